The first-order valence-corrected chi connectivity index (χ1v) is 11.7. The van der Waals surface area contributed by atoms with Crippen molar-refractivity contribution in [3.8, 4) is 0 Å². The SMILES string of the molecule is CCC(C)(C)C(=O)CNC(=O)COC(C)(C)CCOC(C)(C)CC(=O)NCC(=O)C(C)(C)C. The second-order valence-corrected chi connectivity index (χ2v) is 11.5. The fourth-order valence-electron chi connectivity index (χ4n) is 2.52. The van der Waals surface area contributed by atoms with E-state index in [-0.39, 0.29) is 49.5 Å². The van der Waals surface area contributed by atoms with Crippen LogP contribution in [0.5, 0.6) is 0 Å². The van der Waals surface area contributed by atoms with Gasteiger partial charge in [-0.25, -0.2) is 0 Å². The van der Waals surface area contributed by atoms with Crippen LogP contribution in [0, 0.1) is 10.8 Å². The molecule has 0 spiro atoms. The maximum absolute atomic E-state index is 12.2. The highest BCUT2D eigenvalue weighted by atomic mass is 16.5. The van der Waals surface area contributed by atoms with Crippen LogP contribution >= 0.6 is 0 Å². The summed E-state index contributed by atoms with van der Waals surface area (Å²) in [5.41, 5.74) is -2.30. The van der Waals surface area contributed by atoms with E-state index in [2.05, 4.69) is 10.6 Å². The van der Waals surface area contributed by atoms with Gasteiger partial charge in [0.25, 0.3) is 0 Å². The molecule has 0 saturated carbocycles. The Labute approximate surface area is 199 Å². The fourth-order valence-corrected chi connectivity index (χ4v) is 2.52. The lowest BCUT2D eigenvalue weighted by Gasteiger charge is -2.29. The number of hydrogen-bond donors (Lipinski definition) is 2. The van der Waals surface area contributed by atoms with Crippen molar-refractivity contribution in [2.75, 3.05) is 26.3 Å². The minimum absolute atomic E-state index is 0.00286. The Balaban J connectivity index is 4.35. The number of carbonyl (C=O) groups excluding carboxylic acids is 4. The van der Waals surface area contributed by atoms with Crippen molar-refractivity contribution in [2.24, 2.45) is 10.8 Å². The first-order valence-electron chi connectivity index (χ1n) is 11.7. The third-order valence-corrected chi connectivity index (χ3v) is 5.74. The molecule has 8 nitrogen and oxygen atoms in total. The van der Waals surface area contributed by atoms with Gasteiger partial charge >= 0.3 is 0 Å². The average molecular weight is 471 g/mol. The predicted octanol–water partition coefficient (Wildman–Crippen LogP) is 3.21. The Bertz CT molecular complexity index is 690. The lowest BCUT2D eigenvalue weighted by Crippen LogP contribution is -2.41. The molecule has 0 aromatic carbocycles. The van der Waals surface area contributed by atoms with Gasteiger partial charge in [-0.3, -0.25) is 19.2 Å². The lowest BCUT2D eigenvalue weighted by atomic mass is 9.85. The minimum Gasteiger partial charge on any atom is -0.375 e. The molecule has 0 aromatic rings. The van der Waals surface area contributed by atoms with Crippen molar-refractivity contribution < 1.29 is 28.7 Å². The summed E-state index contributed by atoms with van der Waals surface area (Å²) in [7, 11) is 0. The molecule has 192 valence electrons. The quantitative estimate of drug-likeness (QED) is 0.380. The molecule has 0 aliphatic rings. The highest BCUT2D eigenvalue weighted by molar-refractivity contribution is 5.90. The standard InChI is InChI=1S/C25H46N2O6/c1-11-23(5,6)19(29)16-27-21(31)17-33-24(7,8)12-13-32-25(9,10)14-20(30)26-15-18(28)22(2,3)4/h11-17H2,1-10H3,(H,26,30)(H,27,31). The summed E-state index contributed by atoms with van der Waals surface area (Å²) in [6.45, 7) is 18.6. The Kier molecular flexibility index (Phi) is 11.9. The van der Waals surface area contributed by atoms with Gasteiger partial charge < -0.3 is 20.1 Å². The van der Waals surface area contributed by atoms with Gasteiger partial charge in [-0.1, -0.05) is 41.5 Å². The van der Waals surface area contributed by atoms with Gasteiger partial charge in [0.1, 0.15) is 6.61 Å². The van der Waals surface area contributed by atoms with Crippen LogP contribution in [0.2, 0.25) is 0 Å². The van der Waals surface area contributed by atoms with Crippen LogP contribution in [0.4, 0.5) is 0 Å². The number of carbonyl (C=O) groups is 4. The van der Waals surface area contributed by atoms with Crippen molar-refractivity contribution in [3.05, 3.63) is 0 Å². The van der Waals surface area contributed by atoms with Gasteiger partial charge in [-0.05, 0) is 40.5 Å². The Morgan fingerprint density at radius 2 is 1.21 bits per heavy atom. The summed E-state index contributed by atoms with van der Waals surface area (Å²) in [6.07, 6.45) is 1.34. The normalized spacial score (nSPS) is 12.9. The fraction of sp³-hybridized carbons (Fsp3) is 0.840. The highest BCUT2D eigenvalue weighted by Gasteiger charge is 2.28. The van der Waals surface area contributed by atoms with Crippen LogP contribution in [-0.4, -0.2) is 60.9 Å². The van der Waals surface area contributed by atoms with Crippen molar-refractivity contribution in [1.29, 1.82) is 0 Å². The van der Waals surface area contributed by atoms with Crippen LogP contribution in [-0.2, 0) is 28.7 Å². The Morgan fingerprint density at radius 3 is 1.73 bits per heavy atom. The van der Waals surface area contributed by atoms with Crippen LogP contribution in [0.3, 0.4) is 0 Å². The molecule has 0 fully saturated rings. The van der Waals surface area contributed by atoms with Crippen LogP contribution in [0.25, 0.3) is 0 Å². The molecule has 0 bridgehead atoms. The van der Waals surface area contributed by atoms with Gasteiger partial charge in [0.2, 0.25) is 11.8 Å². The Hall–Kier alpha value is -1.80. The monoisotopic (exact) mass is 470 g/mol. The molecule has 0 aromatic heterocycles. The summed E-state index contributed by atoms with van der Waals surface area (Å²) in [5.74, 6) is -0.632. The van der Waals surface area contributed by atoms with E-state index >= 15 is 0 Å². The summed E-state index contributed by atoms with van der Waals surface area (Å²) >= 11 is 0. The maximum atomic E-state index is 12.2. The smallest absolute Gasteiger partial charge is 0.246 e. The van der Waals surface area contributed by atoms with E-state index in [1.807, 2.05) is 69.2 Å². The highest BCUT2D eigenvalue weighted by Crippen LogP contribution is 2.21. The van der Waals surface area contributed by atoms with Gasteiger partial charge in [-0.15, -0.1) is 0 Å². The number of nitrogens with one attached hydrogen (secondary N) is 2. The molecule has 8 heteroatoms. The van der Waals surface area contributed by atoms with E-state index in [0.29, 0.717) is 19.4 Å². The first-order chi connectivity index (χ1) is 14.8. The van der Waals surface area contributed by atoms with Crippen molar-refractivity contribution in [2.45, 2.75) is 99.7 Å². The molecule has 0 rings (SSSR count). The molecule has 0 aliphatic carbocycles. The van der Waals surface area contributed by atoms with Crippen LogP contribution in [0.15, 0.2) is 0 Å². The summed E-state index contributed by atoms with van der Waals surface area (Å²) in [6, 6.07) is 0. The second-order valence-electron chi connectivity index (χ2n) is 11.5. The molecule has 0 heterocycles. The van der Waals surface area contributed by atoms with E-state index in [1.54, 1.807) is 0 Å². The maximum Gasteiger partial charge on any atom is 0.246 e. The predicted molar refractivity (Wildman–Crippen MR) is 129 cm³/mol. The lowest BCUT2D eigenvalue weighted by molar-refractivity contribution is -0.137. The van der Waals surface area contributed by atoms with E-state index in [0.717, 1.165) is 0 Å². The van der Waals surface area contributed by atoms with Crippen LogP contribution < -0.4 is 10.6 Å². The number of rotatable bonds is 15. The van der Waals surface area contributed by atoms with E-state index in [4.69, 9.17) is 9.47 Å². The number of ketones is 2. The van der Waals surface area contributed by atoms with Crippen molar-refractivity contribution in [3.63, 3.8) is 0 Å². The van der Waals surface area contributed by atoms with Gasteiger partial charge in [0, 0.05) is 10.8 Å². The average Bonchev–Trinajstić information content (AvgIpc) is 2.67. The number of Topliss-reactive ketones (excluding diaryl/α,β-unsaturated/α-hetero) is 2. The number of amides is 2. The van der Waals surface area contributed by atoms with Gasteiger partial charge in [0.15, 0.2) is 11.6 Å². The molecule has 2 amide bonds. The largest absolute Gasteiger partial charge is 0.375 e. The van der Waals surface area contributed by atoms with Crippen molar-refractivity contribution >= 4 is 23.4 Å². The molecule has 33 heavy (non-hydrogen) atoms. The molecule has 0 unspecified atom stereocenters. The zero-order chi connectivity index (χ0) is 26.1. The van der Waals surface area contributed by atoms with E-state index < -0.39 is 22.0 Å². The molecule has 2 N–H and O–H groups in total. The summed E-state index contributed by atoms with van der Waals surface area (Å²) in [4.78, 5) is 48.3. The molecular formula is C25H46N2O6. The van der Waals surface area contributed by atoms with E-state index in [9.17, 15) is 19.2 Å². The summed E-state index contributed by atoms with van der Waals surface area (Å²) < 4.78 is 11.6. The molecule has 0 radical (unpaired) electrons. The first kappa shape index (κ1) is 31.2. The van der Waals surface area contributed by atoms with E-state index in [1.165, 1.54) is 0 Å². The minimum atomic E-state index is -0.714. The topological polar surface area (TPSA) is 111 Å². The number of hydrogen-bond acceptors (Lipinski definition) is 6. The zero-order valence-corrected chi connectivity index (χ0v) is 22.4. The Morgan fingerprint density at radius 1 is 0.697 bits per heavy atom. The molecular weight excluding hydrogens is 424 g/mol. The molecule has 0 saturated heterocycles. The third-order valence-electron chi connectivity index (χ3n) is 5.74. The second kappa shape index (κ2) is 12.6. The zero-order valence-electron chi connectivity index (χ0n) is 22.4. The van der Waals surface area contributed by atoms with Gasteiger partial charge in [0.05, 0.1) is 37.3 Å². The van der Waals surface area contributed by atoms with Crippen molar-refractivity contribution in [1.82, 2.24) is 10.6 Å². The molecule has 0 aliphatic heterocycles. The third kappa shape index (κ3) is 13.5. The molecule has 0 atom stereocenters. The summed E-state index contributed by atoms with van der Waals surface area (Å²) in [5, 5.41) is 5.27. The van der Waals surface area contributed by atoms with Crippen LogP contribution in [0.1, 0.15) is 88.5 Å². The number of ether oxygens (including phenoxy) is 2. The van der Waals surface area contributed by atoms with Gasteiger partial charge in [-0.2, -0.15) is 0 Å².